The Morgan fingerprint density at radius 1 is 1.27 bits per heavy atom. The van der Waals surface area contributed by atoms with Gasteiger partial charge in [0.15, 0.2) is 0 Å². The van der Waals surface area contributed by atoms with E-state index in [9.17, 15) is 0 Å². The molecule has 0 heterocycles. The van der Waals surface area contributed by atoms with Crippen molar-refractivity contribution >= 4 is 6.08 Å². The highest BCUT2D eigenvalue weighted by molar-refractivity contribution is 5.68. The van der Waals surface area contributed by atoms with Crippen molar-refractivity contribution in [3.63, 3.8) is 0 Å². The lowest BCUT2D eigenvalue weighted by Gasteiger charge is -1.94. The van der Waals surface area contributed by atoms with E-state index in [4.69, 9.17) is 0 Å². The lowest BCUT2D eigenvalue weighted by Crippen LogP contribution is -1.78. The lowest BCUT2D eigenvalue weighted by atomic mass is 10.1. The molecule has 0 fully saturated rings. The van der Waals surface area contributed by atoms with Crippen molar-refractivity contribution in [2.24, 2.45) is 0 Å². The molecule has 11 heavy (non-hydrogen) atoms. The van der Waals surface area contributed by atoms with Crippen LogP contribution in [0.3, 0.4) is 0 Å². The summed E-state index contributed by atoms with van der Waals surface area (Å²) in [5.41, 5.74) is 3.86. The predicted molar refractivity (Wildman–Crippen MR) is 47.1 cm³/mol. The van der Waals surface area contributed by atoms with Crippen LogP contribution in [0.15, 0.2) is 29.8 Å². The summed E-state index contributed by atoms with van der Waals surface area (Å²) in [5, 5.41) is 0. The van der Waals surface area contributed by atoms with E-state index in [0.717, 1.165) is 6.42 Å². The molecule has 0 saturated carbocycles. The molecular weight excluding hydrogens is 132 g/mol. The normalized spacial score (nSPS) is 14.5. The molecule has 0 nitrogen and oxygen atoms in total. The highest BCUT2D eigenvalue weighted by Gasteiger charge is 2.09. The Morgan fingerprint density at radius 3 is 2.82 bits per heavy atom. The Labute approximate surface area is 67.6 Å². The Kier molecular flexibility index (Phi) is 1.54. The minimum absolute atomic E-state index is 1.08. The molecule has 0 bridgehead atoms. The minimum Gasteiger partial charge on any atom is -0.0619 e. The second-order valence-electron chi connectivity index (χ2n) is 2.74. The van der Waals surface area contributed by atoms with E-state index < -0.39 is 0 Å². The molecule has 0 spiro atoms. The van der Waals surface area contributed by atoms with Gasteiger partial charge in [0.25, 0.3) is 0 Å². The summed E-state index contributed by atoms with van der Waals surface area (Å²) in [6, 6.07) is 8.35. The molecule has 0 atom stereocenters. The average molecular weight is 142 g/mol. The fraction of sp³-hybridized carbons (Fsp3) is 0.182. The summed E-state index contributed by atoms with van der Waals surface area (Å²) in [7, 11) is 0. The van der Waals surface area contributed by atoms with E-state index in [-0.39, 0.29) is 0 Å². The Hall–Kier alpha value is -1.04. The molecule has 0 heteroatoms. The number of benzene rings is 1. The van der Waals surface area contributed by atoms with Gasteiger partial charge in [-0.1, -0.05) is 42.8 Å². The number of fused-ring (bicyclic) bond motifs is 1. The van der Waals surface area contributed by atoms with E-state index in [2.05, 4.69) is 43.7 Å². The number of hydrogen-bond donors (Lipinski definition) is 0. The van der Waals surface area contributed by atoms with Gasteiger partial charge < -0.3 is 0 Å². The van der Waals surface area contributed by atoms with Gasteiger partial charge in [-0.15, -0.1) is 0 Å². The van der Waals surface area contributed by atoms with E-state index in [1.165, 1.54) is 16.7 Å². The van der Waals surface area contributed by atoms with Crippen molar-refractivity contribution in [3.05, 3.63) is 47.4 Å². The maximum atomic E-state index is 3.35. The quantitative estimate of drug-likeness (QED) is 0.565. The summed E-state index contributed by atoms with van der Waals surface area (Å²) in [5.74, 6) is 0. The Morgan fingerprint density at radius 2 is 2.09 bits per heavy atom. The third-order valence-corrected chi connectivity index (χ3v) is 1.97. The maximum Gasteiger partial charge on any atom is 0.0464 e. The third kappa shape index (κ3) is 1.09. The molecule has 0 N–H and O–H groups in total. The molecule has 0 saturated heterocycles. The smallest absolute Gasteiger partial charge is 0.0464 e. The first kappa shape index (κ1) is 6.66. The van der Waals surface area contributed by atoms with Crippen LogP contribution in [0.5, 0.6) is 0 Å². The summed E-state index contributed by atoms with van der Waals surface area (Å²) < 4.78 is 0. The van der Waals surface area contributed by atoms with Gasteiger partial charge in [-0.05, 0) is 17.5 Å². The summed E-state index contributed by atoms with van der Waals surface area (Å²) in [4.78, 5) is 0. The molecular formula is C11H10. The number of hydrogen-bond acceptors (Lipinski definition) is 0. The average Bonchev–Trinajstić information content (AvgIpc) is 2.46. The fourth-order valence-corrected chi connectivity index (χ4v) is 1.32. The maximum absolute atomic E-state index is 3.35. The van der Waals surface area contributed by atoms with Gasteiger partial charge in [-0.2, -0.15) is 0 Å². The van der Waals surface area contributed by atoms with Crippen LogP contribution in [0.4, 0.5) is 0 Å². The molecule has 2 radical (unpaired) electrons. The molecule has 1 aliphatic rings. The van der Waals surface area contributed by atoms with Crippen LogP contribution in [0.1, 0.15) is 24.5 Å². The first-order chi connectivity index (χ1) is 5.40. The highest BCUT2D eigenvalue weighted by Crippen LogP contribution is 2.27. The van der Waals surface area contributed by atoms with Crippen LogP contribution in [0, 0.1) is 6.42 Å². The van der Waals surface area contributed by atoms with Gasteiger partial charge in [-0.25, -0.2) is 0 Å². The van der Waals surface area contributed by atoms with Crippen LogP contribution in [0.2, 0.25) is 0 Å². The number of allylic oxidation sites excluding steroid dienone is 1. The van der Waals surface area contributed by atoms with Crippen LogP contribution >= 0.6 is 0 Å². The van der Waals surface area contributed by atoms with Crippen molar-refractivity contribution in [2.75, 3.05) is 0 Å². The van der Waals surface area contributed by atoms with Crippen LogP contribution in [-0.2, 0) is 0 Å². The predicted octanol–water partition coefficient (Wildman–Crippen LogP) is 2.92. The summed E-state index contributed by atoms with van der Waals surface area (Å²) in [6.45, 7) is 2.16. The molecule has 1 aliphatic carbocycles. The molecule has 2 rings (SSSR count). The molecule has 0 amide bonds. The first-order valence-corrected chi connectivity index (χ1v) is 3.97. The zero-order valence-corrected chi connectivity index (χ0v) is 6.59. The number of rotatable bonds is 1. The molecule has 0 aliphatic heterocycles. The van der Waals surface area contributed by atoms with Crippen LogP contribution in [-0.4, -0.2) is 0 Å². The SMILES string of the molecule is CCC1=Cc2ccccc2[C]1. The molecule has 0 unspecified atom stereocenters. The lowest BCUT2D eigenvalue weighted by molar-refractivity contribution is 1.14. The zero-order chi connectivity index (χ0) is 7.68. The van der Waals surface area contributed by atoms with E-state index >= 15 is 0 Å². The van der Waals surface area contributed by atoms with Gasteiger partial charge in [0, 0.05) is 6.42 Å². The second-order valence-corrected chi connectivity index (χ2v) is 2.74. The van der Waals surface area contributed by atoms with Crippen LogP contribution in [0.25, 0.3) is 6.08 Å². The Balaban J connectivity index is 2.39. The first-order valence-electron chi connectivity index (χ1n) is 3.97. The standard InChI is InChI=1S/C11H10/c1-2-9-7-10-5-3-4-6-11(10)8-9/h3-7H,2H2,1H3. The van der Waals surface area contributed by atoms with E-state index in [1.807, 2.05) is 0 Å². The third-order valence-electron chi connectivity index (χ3n) is 1.97. The monoisotopic (exact) mass is 142 g/mol. The van der Waals surface area contributed by atoms with E-state index in [1.54, 1.807) is 0 Å². The van der Waals surface area contributed by atoms with Crippen molar-refractivity contribution < 1.29 is 0 Å². The fourth-order valence-electron chi connectivity index (χ4n) is 1.32. The van der Waals surface area contributed by atoms with Crippen molar-refractivity contribution in [1.82, 2.24) is 0 Å². The van der Waals surface area contributed by atoms with Crippen LogP contribution < -0.4 is 0 Å². The van der Waals surface area contributed by atoms with Gasteiger partial charge >= 0.3 is 0 Å². The Bertz CT molecular complexity index is 295. The van der Waals surface area contributed by atoms with Gasteiger partial charge in [0.1, 0.15) is 0 Å². The van der Waals surface area contributed by atoms with Crippen molar-refractivity contribution in [1.29, 1.82) is 0 Å². The van der Waals surface area contributed by atoms with Gasteiger partial charge in [0.05, 0.1) is 0 Å². The van der Waals surface area contributed by atoms with E-state index in [0.29, 0.717) is 0 Å². The van der Waals surface area contributed by atoms with Crippen molar-refractivity contribution in [2.45, 2.75) is 13.3 Å². The van der Waals surface area contributed by atoms with Gasteiger partial charge in [0.2, 0.25) is 0 Å². The topological polar surface area (TPSA) is 0 Å². The molecule has 54 valence electrons. The van der Waals surface area contributed by atoms with Gasteiger partial charge in [-0.3, -0.25) is 0 Å². The molecule has 0 aromatic heterocycles. The zero-order valence-electron chi connectivity index (χ0n) is 6.59. The minimum atomic E-state index is 1.08. The summed E-state index contributed by atoms with van der Waals surface area (Å²) in [6.07, 6.45) is 6.63. The summed E-state index contributed by atoms with van der Waals surface area (Å²) >= 11 is 0. The molecule has 1 aromatic carbocycles. The second kappa shape index (κ2) is 2.54. The van der Waals surface area contributed by atoms with Crippen molar-refractivity contribution in [3.8, 4) is 0 Å². The highest BCUT2D eigenvalue weighted by atomic mass is 14.1. The largest absolute Gasteiger partial charge is 0.0619 e. The molecule has 1 aromatic rings.